The normalized spacial score (nSPS) is 37.3. The number of carbonyl (C=O) groups excluding carboxylic acids is 4. The van der Waals surface area contributed by atoms with E-state index in [0.717, 1.165) is 63.2 Å². The van der Waals surface area contributed by atoms with E-state index in [2.05, 4.69) is 57.1 Å². The van der Waals surface area contributed by atoms with Crippen LogP contribution in [0.25, 0.3) is 0 Å². The molecule has 0 aliphatic heterocycles. The quantitative estimate of drug-likeness (QED) is 0.228. The summed E-state index contributed by atoms with van der Waals surface area (Å²) in [6, 6.07) is 0. The van der Waals surface area contributed by atoms with Gasteiger partial charge in [-0.1, -0.05) is 62.3 Å². The fourth-order valence-corrected chi connectivity index (χ4v) is 12.0. The summed E-state index contributed by atoms with van der Waals surface area (Å²) in [4.78, 5) is 51.8. The number of ether oxygens (including phenoxy) is 1. The molecule has 0 spiro atoms. The molecule has 4 fully saturated rings. The first-order valence-corrected chi connectivity index (χ1v) is 18.5. The predicted molar refractivity (Wildman–Crippen MR) is 181 cm³/mol. The lowest BCUT2D eigenvalue weighted by Crippen LogP contribution is -2.64. The van der Waals surface area contributed by atoms with Crippen LogP contribution in [0.4, 0.5) is 0 Å². The van der Waals surface area contributed by atoms with Gasteiger partial charge in [-0.15, -0.1) is 10.2 Å². The van der Waals surface area contributed by atoms with E-state index < -0.39 is 16.9 Å². The van der Waals surface area contributed by atoms with Crippen molar-refractivity contribution in [3.05, 3.63) is 22.9 Å². The fourth-order valence-electron chi connectivity index (χ4n) is 12.0. The molecule has 1 N–H and O–H groups in total. The van der Waals surface area contributed by atoms with Crippen molar-refractivity contribution in [3.63, 3.8) is 0 Å². The molecule has 0 radical (unpaired) electrons. The molecule has 1 amide bonds. The molecular weight excluding hydrogens is 606 g/mol. The fraction of sp³-hybridized carbons (Fsp3) is 0.795. The predicted octanol–water partition coefficient (Wildman–Crippen LogP) is 7.23. The van der Waals surface area contributed by atoms with E-state index in [0.29, 0.717) is 36.5 Å². The Morgan fingerprint density at radius 3 is 2.35 bits per heavy atom. The van der Waals surface area contributed by atoms with Crippen LogP contribution in [0.1, 0.15) is 143 Å². The summed E-state index contributed by atoms with van der Waals surface area (Å²) >= 11 is 0. The van der Waals surface area contributed by atoms with Crippen LogP contribution in [0.15, 0.2) is 15.6 Å². The van der Waals surface area contributed by atoms with E-state index in [9.17, 15) is 19.2 Å². The zero-order valence-corrected chi connectivity index (χ0v) is 30.7. The highest BCUT2D eigenvalue weighted by atomic mass is 16.5. The number of esters is 1. The monoisotopic (exact) mass is 663 g/mol. The number of nitrogens with one attached hydrogen (secondary N) is 1. The average Bonchev–Trinajstić information content (AvgIpc) is 3.60. The third kappa shape index (κ3) is 5.40. The lowest BCUT2D eigenvalue weighted by molar-refractivity contribution is -0.213. The molecule has 8 atom stereocenters. The Morgan fingerprint density at radius 2 is 1.71 bits per heavy atom. The van der Waals surface area contributed by atoms with Gasteiger partial charge in [0.1, 0.15) is 12.4 Å². The van der Waals surface area contributed by atoms with Gasteiger partial charge in [0.25, 0.3) is 0 Å². The minimum absolute atomic E-state index is 0.0357. The second-order valence-electron chi connectivity index (χ2n) is 18.1. The van der Waals surface area contributed by atoms with Crippen molar-refractivity contribution in [1.82, 2.24) is 15.5 Å². The van der Waals surface area contributed by atoms with E-state index in [4.69, 9.17) is 9.15 Å². The SMILES string of the molecule is CCc1nnc(C(=O)NC23CCC4C(CCC5C4(C)CCC4C(C)(C)C(OC(=O)CC(C)(C)C=O)CCC45C)C2=C(C(C)C)C(=O)C3)o1. The van der Waals surface area contributed by atoms with Crippen molar-refractivity contribution in [1.29, 1.82) is 0 Å². The van der Waals surface area contributed by atoms with Crippen LogP contribution in [-0.2, 0) is 25.5 Å². The summed E-state index contributed by atoms with van der Waals surface area (Å²) in [5.41, 5.74) is 0.692. The topological polar surface area (TPSA) is 128 Å². The number of hydrogen-bond acceptors (Lipinski definition) is 8. The molecule has 0 saturated heterocycles. The first kappa shape index (κ1) is 35.0. The summed E-state index contributed by atoms with van der Waals surface area (Å²) in [6.07, 6.45) is 9.42. The maximum atomic E-state index is 13.8. The zero-order chi connectivity index (χ0) is 35.0. The molecular formula is C39H57N3O6. The molecule has 6 rings (SSSR count). The van der Waals surface area contributed by atoms with Crippen molar-refractivity contribution in [2.24, 2.45) is 51.2 Å². The summed E-state index contributed by atoms with van der Waals surface area (Å²) in [6.45, 7) is 19.3. The number of aldehydes is 1. The first-order chi connectivity index (χ1) is 22.4. The lowest BCUT2D eigenvalue weighted by Gasteiger charge is -2.68. The molecule has 264 valence electrons. The van der Waals surface area contributed by atoms with Gasteiger partial charge < -0.3 is 19.3 Å². The Kier molecular flexibility index (Phi) is 8.67. The summed E-state index contributed by atoms with van der Waals surface area (Å²) in [7, 11) is 0. The van der Waals surface area contributed by atoms with Crippen LogP contribution < -0.4 is 5.32 Å². The molecule has 0 aromatic carbocycles. The van der Waals surface area contributed by atoms with Gasteiger partial charge >= 0.3 is 17.8 Å². The van der Waals surface area contributed by atoms with Crippen LogP contribution in [0.5, 0.6) is 0 Å². The molecule has 4 saturated carbocycles. The smallest absolute Gasteiger partial charge is 0.309 e. The minimum atomic E-state index is -0.726. The molecule has 5 aliphatic carbocycles. The van der Waals surface area contributed by atoms with Crippen LogP contribution in [0.3, 0.4) is 0 Å². The number of aryl methyl sites for hydroxylation is 1. The van der Waals surface area contributed by atoms with Crippen LogP contribution in [0, 0.1) is 51.2 Å². The van der Waals surface area contributed by atoms with Crippen LogP contribution in [-0.4, -0.2) is 45.8 Å². The van der Waals surface area contributed by atoms with Gasteiger partial charge in [0.2, 0.25) is 5.89 Å². The Bertz CT molecular complexity index is 1520. The van der Waals surface area contributed by atoms with Crippen molar-refractivity contribution >= 4 is 23.9 Å². The average molecular weight is 664 g/mol. The van der Waals surface area contributed by atoms with E-state index in [1.807, 2.05) is 6.92 Å². The van der Waals surface area contributed by atoms with Gasteiger partial charge in [-0.2, -0.15) is 0 Å². The Morgan fingerprint density at radius 1 is 1.00 bits per heavy atom. The Labute approximate surface area is 286 Å². The number of allylic oxidation sites excluding steroid dienone is 1. The Hall–Kier alpha value is -2.84. The third-order valence-corrected chi connectivity index (χ3v) is 14.0. The molecule has 5 aliphatic rings. The number of carbonyl (C=O) groups is 4. The highest BCUT2D eigenvalue weighted by molar-refractivity contribution is 6.03. The number of aromatic nitrogens is 2. The third-order valence-electron chi connectivity index (χ3n) is 14.0. The molecule has 0 bridgehead atoms. The molecule has 1 aromatic heterocycles. The van der Waals surface area contributed by atoms with E-state index in [1.165, 1.54) is 5.57 Å². The standard InChI is InChI=1S/C39H57N3O6/c1-10-29-41-42-34(48-29)33(46)40-39-18-13-24-23(32(39)31(22(2)3)25(44)19-39)11-12-27-37(24,8)16-14-26-36(6,7)28(15-17-38(26,27)9)47-30(45)20-35(4,5)21-43/h21-24,26-28H,10-20H2,1-9H3,(H,40,46). The molecule has 9 nitrogen and oxygen atoms in total. The second kappa shape index (κ2) is 11.9. The summed E-state index contributed by atoms with van der Waals surface area (Å²) < 4.78 is 11.8. The van der Waals surface area contributed by atoms with Crippen molar-refractivity contribution in [2.45, 2.75) is 145 Å². The number of Topliss-reactive ketones (excluding diaryl/α,β-unsaturated/α-hetero) is 1. The van der Waals surface area contributed by atoms with Gasteiger partial charge in [0.15, 0.2) is 5.78 Å². The highest BCUT2D eigenvalue weighted by Crippen LogP contribution is 2.72. The van der Waals surface area contributed by atoms with Crippen LogP contribution >= 0.6 is 0 Å². The summed E-state index contributed by atoms with van der Waals surface area (Å²) in [5.74, 6) is 1.55. The number of hydrogen-bond donors (Lipinski definition) is 1. The number of nitrogens with zero attached hydrogens (tertiary/aromatic N) is 2. The highest BCUT2D eigenvalue weighted by Gasteiger charge is 2.67. The second-order valence-corrected chi connectivity index (χ2v) is 18.1. The number of rotatable bonds is 8. The molecule has 48 heavy (non-hydrogen) atoms. The molecule has 1 aromatic rings. The number of fused-ring (bicyclic) bond motifs is 7. The van der Waals surface area contributed by atoms with Crippen LogP contribution in [0.2, 0.25) is 0 Å². The van der Waals surface area contributed by atoms with Gasteiger partial charge in [0, 0.05) is 23.7 Å². The van der Waals surface area contributed by atoms with Crippen molar-refractivity contribution in [3.8, 4) is 0 Å². The zero-order valence-electron chi connectivity index (χ0n) is 30.7. The summed E-state index contributed by atoms with van der Waals surface area (Å²) in [5, 5.41) is 11.3. The van der Waals surface area contributed by atoms with Gasteiger partial charge in [-0.05, 0) is 103 Å². The molecule has 9 heteroatoms. The Balaban J connectivity index is 1.27. The first-order valence-electron chi connectivity index (χ1n) is 18.5. The van der Waals surface area contributed by atoms with E-state index >= 15 is 0 Å². The minimum Gasteiger partial charge on any atom is -0.462 e. The maximum Gasteiger partial charge on any atom is 0.309 e. The number of ketones is 1. The molecule has 1 heterocycles. The van der Waals surface area contributed by atoms with Gasteiger partial charge in [-0.25, -0.2) is 0 Å². The lowest BCUT2D eigenvalue weighted by atomic mass is 9.37. The largest absolute Gasteiger partial charge is 0.462 e. The van der Waals surface area contributed by atoms with Gasteiger partial charge in [0.05, 0.1) is 12.0 Å². The van der Waals surface area contributed by atoms with E-state index in [1.54, 1.807) is 13.8 Å². The number of amides is 1. The maximum absolute atomic E-state index is 13.8. The van der Waals surface area contributed by atoms with Crippen molar-refractivity contribution < 1.29 is 28.3 Å². The van der Waals surface area contributed by atoms with E-state index in [-0.39, 0.29) is 58.2 Å². The van der Waals surface area contributed by atoms with Crippen molar-refractivity contribution in [2.75, 3.05) is 0 Å². The van der Waals surface area contributed by atoms with Gasteiger partial charge in [-0.3, -0.25) is 14.4 Å². The molecule has 8 unspecified atom stereocenters.